The van der Waals surface area contributed by atoms with E-state index in [1.54, 1.807) is 0 Å². The summed E-state index contributed by atoms with van der Waals surface area (Å²) in [6, 6.07) is 5.02. The first-order chi connectivity index (χ1) is 7.02. The van der Waals surface area contributed by atoms with Crippen LogP contribution >= 0.6 is 0 Å². The Balaban J connectivity index is 0. The first-order valence-electron chi connectivity index (χ1n) is 3.65. The Morgan fingerprint density at radius 3 is 1.31 bits per heavy atom. The second kappa shape index (κ2) is 9.49. The van der Waals surface area contributed by atoms with E-state index in [9.17, 15) is 9.59 Å². The van der Waals surface area contributed by atoms with Crippen LogP contribution in [0, 0.1) is 0 Å². The van der Waals surface area contributed by atoms with E-state index >= 15 is 0 Å². The standard InChI is InChI=1S/C8H6O4.CH2O2.K/c9-7(10)5-1-2-6(4-3-5)8(11)12;2-1-3;/h1-4H,(H,9,10)(H,11,12);1H,(H,2,3);/q;;+1/p-1. The van der Waals surface area contributed by atoms with Gasteiger partial charge in [-0.05, 0) is 24.3 Å². The number of carbonyl (C=O) groups excluding carboxylic acids is 1. The van der Waals surface area contributed by atoms with Crippen molar-refractivity contribution in [2.75, 3.05) is 0 Å². The molecule has 1 rings (SSSR count). The summed E-state index contributed by atoms with van der Waals surface area (Å²) in [5.74, 6) is -2.13. The fourth-order valence-corrected chi connectivity index (χ4v) is 0.755. The molecule has 1 aromatic rings. The molecule has 0 atom stereocenters. The zero-order valence-electron chi connectivity index (χ0n) is 8.41. The third kappa shape index (κ3) is 6.70. The molecule has 0 aromatic heterocycles. The van der Waals surface area contributed by atoms with Crippen LogP contribution in [0.5, 0.6) is 0 Å². The van der Waals surface area contributed by atoms with Crippen molar-refractivity contribution in [3.63, 3.8) is 0 Å². The minimum atomic E-state index is -1.06. The van der Waals surface area contributed by atoms with Gasteiger partial charge in [-0.2, -0.15) is 0 Å². The molecular formula is C9H7KO6. The van der Waals surface area contributed by atoms with Crippen molar-refractivity contribution in [1.29, 1.82) is 0 Å². The number of carboxylic acids is 2. The van der Waals surface area contributed by atoms with Gasteiger partial charge in [-0.25, -0.2) is 9.59 Å². The molecular weight excluding hydrogens is 243 g/mol. The summed E-state index contributed by atoms with van der Waals surface area (Å²) in [7, 11) is 0. The zero-order chi connectivity index (χ0) is 11.8. The van der Waals surface area contributed by atoms with Crippen molar-refractivity contribution in [3.8, 4) is 0 Å². The van der Waals surface area contributed by atoms with Crippen LogP contribution in [0.3, 0.4) is 0 Å². The monoisotopic (exact) mass is 250 g/mol. The van der Waals surface area contributed by atoms with Crippen LogP contribution in [-0.2, 0) is 4.79 Å². The van der Waals surface area contributed by atoms with Gasteiger partial charge in [0.1, 0.15) is 0 Å². The molecule has 0 fully saturated rings. The van der Waals surface area contributed by atoms with E-state index in [-0.39, 0.29) is 62.5 Å². The van der Waals surface area contributed by atoms with Crippen molar-refractivity contribution in [1.82, 2.24) is 0 Å². The van der Waals surface area contributed by atoms with Gasteiger partial charge in [0.15, 0.2) is 0 Å². The van der Waals surface area contributed by atoms with E-state index in [2.05, 4.69) is 0 Å². The normalized spacial score (nSPS) is 7.75. The molecule has 16 heavy (non-hydrogen) atoms. The van der Waals surface area contributed by atoms with Crippen molar-refractivity contribution in [2.45, 2.75) is 0 Å². The van der Waals surface area contributed by atoms with Gasteiger partial charge in [0, 0.05) is 6.47 Å². The number of aromatic carboxylic acids is 2. The van der Waals surface area contributed by atoms with Crippen LogP contribution in [0.15, 0.2) is 24.3 Å². The van der Waals surface area contributed by atoms with Gasteiger partial charge >= 0.3 is 63.3 Å². The largest absolute Gasteiger partial charge is 1.00 e. The molecule has 0 aliphatic carbocycles. The maximum atomic E-state index is 10.3. The molecule has 6 nitrogen and oxygen atoms in total. The average molecular weight is 250 g/mol. The second-order valence-corrected chi connectivity index (χ2v) is 2.28. The van der Waals surface area contributed by atoms with E-state index in [4.69, 9.17) is 20.1 Å². The Morgan fingerprint density at radius 2 is 1.19 bits per heavy atom. The quantitative estimate of drug-likeness (QED) is 0.415. The number of carbonyl (C=O) groups is 3. The molecule has 80 valence electrons. The summed E-state index contributed by atoms with van der Waals surface area (Å²) < 4.78 is 0. The predicted octanol–water partition coefficient (Wildman–Crippen LogP) is -3.55. The van der Waals surface area contributed by atoms with E-state index in [1.165, 1.54) is 24.3 Å². The van der Waals surface area contributed by atoms with E-state index in [0.717, 1.165) is 0 Å². The van der Waals surface area contributed by atoms with Crippen molar-refractivity contribution in [2.24, 2.45) is 0 Å². The topological polar surface area (TPSA) is 115 Å². The van der Waals surface area contributed by atoms with Crippen molar-refractivity contribution < 1.29 is 81.1 Å². The smallest absolute Gasteiger partial charge is 0.554 e. The number of hydrogen-bond acceptors (Lipinski definition) is 4. The Bertz CT molecular complexity index is 326. The summed E-state index contributed by atoms with van der Waals surface area (Å²) in [6.45, 7) is -0.500. The van der Waals surface area contributed by atoms with Gasteiger partial charge in [0.25, 0.3) is 0 Å². The Labute approximate surface area is 133 Å². The van der Waals surface area contributed by atoms with Crippen LogP contribution < -0.4 is 56.5 Å². The van der Waals surface area contributed by atoms with E-state index in [1.807, 2.05) is 0 Å². The summed E-state index contributed by atoms with van der Waals surface area (Å²) in [6.07, 6.45) is 0. The zero-order valence-corrected chi connectivity index (χ0v) is 11.5. The van der Waals surface area contributed by atoms with Gasteiger partial charge in [0.2, 0.25) is 0 Å². The molecule has 0 aliphatic heterocycles. The molecule has 0 saturated carbocycles. The van der Waals surface area contributed by atoms with Gasteiger partial charge in [-0.3, -0.25) is 0 Å². The third-order valence-electron chi connectivity index (χ3n) is 1.38. The number of benzene rings is 1. The van der Waals surface area contributed by atoms with Gasteiger partial charge in [-0.15, -0.1) is 0 Å². The number of rotatable bonds is 2. The Morgan fingerprint density at radius 1 is 1.00 bits per heavy atom. The van der Waals surface area contributed by atoms with Crippen LogP contribution in [0.2, 0.25) is 0 Å². The van der Waals surface area contributed by atoms with E-state index in [0.29, 0.717) is 0 Å². The maximum absolute atomic E-state index is 10.3. The minimum absolute atomic E-state index is 0. The molecule has 0 bridgehead atoms. The first-order valence-corrected chi connectivity index (χ1v) is 3.65. The maximum Gasteiger partial charge on any atom is 1.00 e. The van der Waals surface area contributed by atoms with Crippen LogP contribution in [0.25, 0.3) is 0 Å². The minimum Gasteiger partial charge on any atom is -0.554 e. The van der Waals surface area contributed by atoms with Gasteiger partial charge in [0.05, 0.1) is 11.1 Å². The van der Waals surface area contributed by atoms with Crippen molar-refractivity contribution >= 4 is 18.4 Å². The average Bonchev–Trinajstić information content (AvgIpc) is 2.19. The molecule has 0 spiro atoms. The Hall–Kier alpha value is -0.734. The summed E-state index contributed by atoms with van der Waals surface area (Å²) in [5, 5.41) is 25.2. The second-order valence-electron chi connectivity index (χ2n) is 2.28. The fraction of sp³-hybridized carbons (Fsp3) is 0. The molecule has 0 saturated heterocycles. The molecule has 0 aliphatic rings. The van der Waals surface area contributed by atoms with Gasteiger partial charge < -0.3 is 20.1 Å². The van der Waals surface area contributed by atoms with Crippen LogP contribution in [0.4, 0.5) is 0 Å². The molecule has 0 unspecified atom stereocenters. The predicted molar refractivity (Wildman–Crippen MR) is 46.4 cm³/mol. The van der Waals surface area contributed by atoms with E-state index < -0.39 is 18.4 Å². The Kier molecular flexibility index (Phi) is 10.5. The molecule has 2 N–H and O–H groups in total. The molecule has 0 radical (unpaired) electrons. The molecule has 7 heteroatoms. The summed E-state index contributed by atoms with van der Waals surface area (Å²) >= 11 is 0. The third-order valence-corrected chi connectivity index (χ3v) is 1.38. The van der Waals surface area contributed by atoms with Crippen LogP contribution in [-0.4, -0.2) is 28.6 Å². The number of hydrogen-bond donors (Lipinski definition) is 2. The van der Waals surface area contributed by atoms with Crippen molar-refractivity contribution in [3.05, 3.63) is 35.4 Å². The fourth-order valence-electron chi connectivity index (χ4n) is 0.755. The first kappa shape index (κ1) is 17.7. The molecule has 1 aromatic carbocycles. The SMILES string of the molecule is O=C(O)c1ccc(C(=O)O)cc1.O=C[O-].[K+]. The van der Waals surface area contributed by atoms with Gasteiger partial charge in [-0.1, -0.05) is 0 Å². The summed E-state index contributed by atoms with van der Waals surface area (Å²) in [5.41, 5.74) is 0.167. The van der Waals surface area contributed by atoms with Crippen LogP contribution in [0.1, 0.15) is 20.7 Å². The number of carboxylic acid groups (broad SMARTS) is 3. The molecule has 0 amide bonds. The summed E-state index contributed by atoms with van der Waals surface area (Å²) in [4.78, 5) is 28.9. The molecule has 0 heterocycles.